The molecule has 1 atom stereocenters. The maximum atomic E-state index is 6.27. The van der Waals surface area contributed by atoms with Crippen LogP contribution in [0.15, 0.2) is 30.3 Å². The third-order valence-electron chi connectivity index (χ3n) is 2.51. The molecular formula is C12H17Cl. The van der Waals surface area contributed by atoms with Crippen molar-refractivity contribution in [2.45, 2.75) is 38.0 Å². The lowest BCUT2D eigenvalue weighted by molar-refractivity contribution is 0.557. The molecule has 0 aliphatic rings. The first-order valence-electron chi connectivity index (χ1n) is 4.87. The van der Waals surface area contributed by atoms with E-state index >= 15 is 0 Å². The van der Waals surface area contributed by atoms with Gasteiger partial charge in [-0.05, 0) is 31.7 Å². The van der Waals surface area contributed by atoms with Crippen LogP contribution in [0.1, 0.15) is 32.3 Å². The summed E-state index contributed by atoms with van der Waals surface area (Å²) in [5.41, 5.74) is 1.38. The van der Waals surface area contributed by atoms with E-state index in [0.717, 1.165) is 19.3 Å². The smallest absolute Gasteiger partial charge is 0.0419 e. The topological polar surface area (TPSA) is 0 Å². The molecule has 72 valence electrons. The van der Waals surface area contributed by atoms with Crippen LogP contribution in [0.4, 0.5) is 0 Å². The summed E-state index contributed by atoms with van der Waals surface area (Å²) in [6.45, 7) is 4.25. The largest absolute Gasteiger partial charge is 0.120 e. The van der Waals surface area contributed by atoms with Crippen molar-refractivity contribution in [2.75, 3.05) is 0 Å². The van der Waals surface area contributed by atoms with E-state index < -0.39 is 0 Å². The molecule has 0 aromatic heterocycles. The van der Waals surface area contributed by atoms with Crippen LogP contribution in [0.5, 0.6) is 0 Å². The highest BCUT2D eigenvalue weighted by Gasteiger charge is 2.17. The van der Waals surface area contributed by atoms with Gasteiger partial charge in [-0.3, -0.25) is 0 Å². The second-order valence-electron chi connectivity index (χ2n) is 3.75. The molecule has 1 rings (SSSR count). The molecule has 1 aromatic rings. The van der Waals surface area contributed by atoms with Gasteiger partial charge < -0.3 is 0 Å². The summed E-state index contributed by atoms with van der Waals surface area (Å²) < 4.78 is 0. The second-order valence-corrected chi connectivity index (χ2v) is 4.66. The van der Waals surface area contributed by atoms with E-state index in [1.807, 2.05) is 6.07 Å². The van der Waals surface area contributed by atoms with Crippen molar-refractivity contribution in [2.24, 2.45) is 0 Å². The predicted octanol–water partition coefficient (Wildman–Crippen LogP) is 4.03. The molecule has 0 bridgehead atoms. The summed E-state index contributed by atoms with van der Waals surface area (Å²) in [4.78, 5) is -0.0319. The standard InChI is InChI=1S/C12H17Cl/c1-3-12(2,13)10-9-11-7-5-4-6-8-11/h4-8H,3,9-10H2,1-2H3. The number of aryl methyl sites for hydroxylation is 1. The Bertz CT molecular complexity index is 239. The SMILES string of the molecule is CCC(C)(Cl)CCc1ccccc1. The van der Waals surface area contributed by atoms with Crippen molar-refractivity contribution in [1.82, 2.24) is 0 Å². The molecule has 0 N–H and O–H groups in total. The van der Waals surface area contributed by atoms with Gasteiger partial charge >= 0.3 is 0 Å². The molecule has 0 radical (unpaired) electrons. The molecular weight excluding hydrogens is 180 g/mol. The van der Waals surface area contributed by atoms with Crippen LogP contribution in [0, 0.1) is 0 Å². The van der Waals surface area contributed by atoms with Gasteiger partial charge in [-0.1, -0.05) is 37.3 Å². The number of hydrogen-bond donors (Lipinski definition) is 0. The summed E-state index contributed by atoms with van der Waals surface area (Å²) in [6, 6.07) is 10.5. The monoisotopic (exact) mass is 196 g/mol. The maximum absolute atomic E-state index is 6.27. The van der Waals surface area contributed by atoms with Crippen LogP contribution >= 0.6 is 11.6 Å². The maximum Gasteiger partial charge on any atom is 0.0419 e. The molecule has 0 aliphatic carbocycles. The Morgan fingerprint density at radius 2 is 1.85 bits per heavy atom. The highest BCUT2D eigenvalue weighted by molar-refractivity contribution is 6.23. The summed E-state index contributed by atoms with van der Waals surface area (Å²) in [5.74, 6) is 0. The number of alkyl halides is 1. The Kier molecular flexibility index (Phi) is 3.80. The Morgan fingerprint density at radius 3 is 2.38 bits per heavy atom. The van der Waals surface area contributed by atoms with Crippen LogP contribution in [0.3, 0.4) is 0 Å². The van der Waals surface area contributed by atoms with Crippen LogP contribution in [0.25, 0.3) is 0 Å². The molecule has 0 aliphatic heterocycles. The van der Waals surface area contributed by atoms with Crippen molar-refractivity contribution in [1.29, 1.82) is 0 Å². The second kappa shape index (κ2) is 4.66. The third kappa shape index (κ3) is 3.82. The van der Waals surface area contributed by atoms with Crippen LogP contribution < -0.4 is 0 Å². The predicted molar refractivity (Wildman–Crippen MR) is 59.3 cm³/mol. The first-order chi connectivity index (χ1) is 6.14. The van der Waals surface area contributed by atoms with Crippen molar-refractivity contribution >= 4 is 11.6 Å². The normalized spacial score (nSPS) is 15.3. The van der Waals surface area contributed by atoms with Gasteiger partial charge in [-0.15, -0.1) is 11.6 Å². The van der Waals surface area contributed by atoms with E-state index in [9.17, 15) is 0 Å². The molecule has 13 heavy (non-hydrogen) atoms. The van der Waals surface area contributed by atoms with Crippen molar-refractivity contribution in [3.05, 3.63) is 35.9 Å². The van der Waals surface area contributed by atoms with Crippen LogP contribution in [-0.4, -0.2) is 4.87 Å². The van der Waals surface area contributed by atoms with Gasteiger partial charge in [-0.25, -0.2) is 0 Å². The average molecular weight is 197 g/mol. The molecule has 0 fully saturated rings. The number of halogens is 1. The van der Waals surface area contributed by atoms with Gasteiger partial charge in [0.25, 0.3) is 0 Å². The van der Waals surface area contributed by atoms with Gasteiger partial charge in [0.2, 0.25) is 0 Å². The molecule has 0 saturated heterocycles. The third-order valence-corrected chi connectivity index (χ3v) is 2.97. The summed E-state index contributed by atoms with van der Waals surface area (Å²) >= 11 is 6.27. The Hall–Kier alpha value is -0.490. The first kappa shape index (κ1) is 10.6. The highest BCUT2D eigenvalue weighted by atomic mass is 35.5. The highest BCUT2D eigenvalue weighted by Crippen LogP contribution is 2.24. The average Bonchev–Trinajstić information content (AvgIpc) is 2.17. The van der Waals surface area contributed by atoms with E-state index in [4.69, 9.17) is 11.6 Å². The molecule has 1 aromatic carbocycles. The van der Waals surface area contributed by atoms with Crippen molar-refractivity contribution < 1.29 is 0 Å². The van der Waals surface area contributed by atoms with Crippen LogP contribution in [0.2, 0.25) is 0 Å². The fourth-order valence-corrected chi connectivity index (χ4v) is 1.32. The number of rotatable bonds is 4. The quantitative estimate of drug-likeness (QED) is 0.638. The number of benzene rings is 1. The lowest BCUT2D eigenvalue weighted by atomic mass is 9.98. The van der Waals surface area contributed by atoms with E-state index in [1.54, 1.807) is 0 Å². The van der Waals surface area contributed by atoms with E-state index in [1.165, 1.54) is 5.56 Å². The molecule has 0 amide bonds. The van der Waals surface area contributed by atoms with E-state index in [-0.39, 0.29) is 4.87 Å². The zero-order chi connectivity index (χ0) is 9.73. The molecule has 1 unspecified atom stereocenters. The van der Waals surface area contributed by atoms with Crippen molar-refractivity contribution in [3.8, 4) is 0 Å². The summed E-state index contributed by atoms with van der Waals surface area (Å²) in [5, 5.41) is 0. The Balaban J connectivity index is 2.44. The summed E-state index contributed by atoms with van der Waals surface area (Å²) in [7, 11) is 0. The minimum Gasteiger partial charge on any atom is -0.120 e. The molecule has 0 saturated carbocycles. The lowest BCUT2D eigenvalue weighted by Gasteiger charge is -2.19. The van der Waals surface area contributed by atoms with Gasteiger partial charge in [-0.2, -0.15) is 0 Å². The Morgan fingerprint density at radius 1 is 1.23 bits per heavy atom. The van der Waals surface area contributed by atoms with Crippen molar-refractivity contribution in [3.63, 3.8) is 0 Å². The number of hydrogen-bond acceptors (Lipinski definition) is 0. The van der Waals surface area contributed by atoms with E-state index in [0.29, 0.717) is 0 Å². The zero-order valence-corrected chi connectivity index (χ0v) is 9.14. The van der Waals surface area contributed by atoms with E-state index in [2.05, 4.69) is 38.1 Å². The molecule has 1 heteroatoms. The van der Waals surface area contributed by atoms with Gasteiger partial charge in [0.05, 0.1) is 0 Å². The minimum absolute atomic E-state index is 0.0319. The van der Waals surface area contributed by atoms with Gasteiger partial charge in [0, 0.05) is 4.87 Å². The first-order valence-corrected chi connectivity index (χ1v) is 5.25. The Labute approximate surface area is 85.9 Å². The van der Waals surface area contributed by atoms with Gasteiger partial charge in [0.1, 0.15) is 0 Å². The molecule has 0 spiro atoms. The molecule has 0 heterocycles. The zero-order valence-electron chi connectivity index (χ0n) is 8.39. The minimum atomic E-state index is -0.0319. The van der Waals surface area contributed by atoms with Crippen LogP contribution in [-0.2, 0) is 6.42 Å². The fourth-order valence-electron chi connectivity index (χ4n) is 1.23. The molecule has 0 nitrogen and oxygen atoms in total. The van der Waals surface area contributed by atoms with Gasteiger partial charge in [0.15, 0.2) is 0 Å². The lowest BCUT2D eigenvalue weighted by Crippen LogP contribution is -2.15. The summed E-state index contributed by atoms with van der Waals surface area (Å²) in [6.07, 6.45) is 3.16. The fraction of sp³-hybridized carbons (Fsp3) is 0.500.